The summed E-state index contributed by atoms with van der Waals surface area (Å²) in [5.74, 6) is 1.44. The summed E-state index contributed by atoms with van der Waals surface area (Å²) in [7, 11) is -2.81. The fraction of sp³-hybridized carbons (Fsp3) is 0.125. The van der Waals surface area contributed by atoms with Crippen LogP contribution in [-0.2, 0) is 9.71 Å². The summed E-state index contributed by atoms with van der Waals surface area (Å²) in [4.78, 5) is 15.8. The highest BCUT2D eigenvalue weighted by Gasteiger charge is 2.31. The number of carbonyl (C=O) groups excluding carboxylic acids is 1. The van der Waals surface area contributed by atoms with E-state index in [9.17, 15) is 17.8 Å². The number of amides is 2. The quantitative estimate of drug-likeness (QED) is 0.863. The molecular weight excluding hydrogens is 336 g/mol. The molecule has 3 rings (SSSR count). The van der Waals surface area contributed by atoms with Crippen molar-refractivity contribution in [2.24, 2.45) is 5.14 Å². The molecule has 0 saturated carbocycles. The summed E-state index contributed by atoms with van der Waals surface area (Å²) < 4.78 is 38.1. The molecule has 126 valence electrons. The van der Waals surface area contributed by atoms with Gasteiger partial charge in [0.25, 0.3) is 0 Å². The predicted molar refractivity (Wildman–Crippen MR) is 90.6 cm³/mol. The minimum atomic E-state index is -2.81. The van der Waals surface area contributed by atoms with Crippen LogP contribution in [0.2, 0.25) is 0 Å². The summed E-state index contributed by atoms with van der Waals surface area (Å²) in [6.45, 7) is 0.730. The highest BCUT2D eigenvalue weighted by Crippen LogP contribution is 2.26. The summed E-state index contributed by atoms with van der Waals surface area (Å²) in [6.07, 6.45) is 0. The van der Waals surface area contributed by atoms with Gasteiger partial charge in [0.2, 0.25) is 0 Å². The van der Waals surface area contributed by atoms with E-state index in [1.807, 2.05) is 0 Å². The topological polar surface area (TPSA) is 66.6 Å². The standard InChI is InChI=1S/C16H15F2N3O2S/c1-24(19,23)13-5-2-11(3-6-13)20-8-9-21(16(20)22)12-4-7-14(17)15(18)10-12/h2-7,10H,1,8-9H2,(H2,19,23). The molecule has 0 spiro atoms. The average Bonchev–Trinajstić information content (AvgIpc) is 2.91. The number of rotatable bonds is 3. The number of nitrogens with two attached hydrogens (primary N) is 1. The van der Waals surface area contributed by atoms with Gasteiger partial charge in [-0.1, -0.05) is 0 Å². The molecule has 1 atom stereocenters. The Kier molecular flexibility index (Phi) is 4.02. The van der Waals surface area contributed by atoms with Crippen molar-refractivity contribution in [1.82, 2.24) is 0 Å². The van der Waals surface area contributed by atoms with E-state index in [1.165, 1.54) is 15.9 Å². The van der Waals surface area contributed by atoms with Gasteiger partial charge in [-0.2, -0.15) is 0 Å². The second-order valence-corrected chi connectivity index (χ2v) is 7.33. The number of anilines is 2. The molecule has 5 nitrogen and oxygen atoms in total. The Hall–Kier alpha value is -2.45. The molecule has 24 heavy (non-hydrogen) atoms. The molecule has 2 amide bonds. The molecule has 2 aromatic rings. The van der Waals surface area contributed by atoms with Crippen LogP contribution in [0.1, 0.15) is 0 Å². The van der Waals surface area contributed by atoms with Crippen molar-refractivity contribution in [3.63, 3.8) is 0 Å². The largest absolute Gasteiger partial charge is 0.329 e. The van der Waals surface area contributed by atoms with Crippen LogP contribution in [0, 0.1) is 11.6 Å². The monoisotopic (exact) mass is 351 g/mol. The Morgan fingerprint density at radius 2 is 1.50 bits per heavy atom. The summed E-state index contributed by atoms with van der Waals surface area (Å²) in [5, 5.41) is 5.47. The lowest BCUT2D eigenvalue weighted by atomic mass is 10.3. The van der Waals surface area contributed by atoms with E-state index in [1.54, 1.807) is 24.3 Å². The van der Waals surface area contributed by atoms with E-state index in [-0.39, 0.29) is 6.03 Å². The number of halogens is 2. The van der Waals surface area contributed by atoms with E-state index in [2.05, 4.69) is 5.87 Å². The minimum Gasteiger partial charge on any atom is -0.292 e. The van der Waals surface area contributed by atoms with Crippen molar-refractivity contribution in [3.05, 3.63) is 54.1 Å². The molecule has 1 saturated heterocycles. The van der Waals surface area contributed by atoms with Gasteiger partial charge in [0, 0.05) is 35.4 Å². The van der Waals surface area contributed by atoms with E-state index >= 15 is 0 Å². The second-order valence-electron chi connectivity index (χ2n) is 5.40. The first-order valence-corrected chi connectivity index (χ1v) is 8.85. The van der Waals surface area contributed by atoms with Crippen LogP contribution in [0.15, 0.2) is 47.4 Å². The van der Waals surface area contributed by atoms with Gasteiger partial charge >= 0.3 is 6.03 Å². The molecule has 8 heteroatoms. The summed E-state index contributed by atoms with van der Waals surface area (Å²) in [6, 6.07) is 9.34. The zero-order valence-electron chi connectivity index (χ0n) is 12.6. The lowest BCUT2D eigenvalue weighted by Crippen LogP contribution is -2.31. The van der Waals surface area contributed by atoms with E-state index in [0.717, 1.165) is 12.1 Å². The number of urea groups is 1. The Bertz CT molecular complexity index is 898. The fourth-order valence-electron chi connectivity index (χ4n) is 2.53. The van der Waals surface area contributed by atoms with Crippen LogP contribution in [0.5, 0.6) is 0 Å². The van der Waals surface area contributed by atoms with Crippen LogP contribution in [-0.4, -0.2) is 29.2 Å². The Labute approximate surface area is 138 Å². The Morgan fingerprint density at radius 1 is 0.958 bits per heavy atom. The number of nitrogens with zero attached hydrogens (tertiary/aromatic N) is 2. The van der Waals surface area contributed by atoms with E-state index in [4.69, 9.17) is 5.14 Å². The van der Waals surface area contributed by atoms with Gasteiger partial charge in [0.15, 0.2) is 11.6 Å². The molecule has 0 aliphatic carbocycles. The molecular formula is C16H15F2N3O2S. The first-order valence-electron chi connectivity index (χ1n) is 7.06. The van der Waals surface area contributed by atoms with Gasteiger partial charge in [-0.25, -0.2) is 17.8 Å². The van der Waals surface area contributed by atoms with Crippen LogP contribution in [0.25, 0.3) is 0 Å². The molecule has 0 aromatic heterocycles. The highest BCUT2D eigenvalue weighted by atomic mass is 32.2. The number of hydrogen-bond acceptors (Lipinski definition) is 2. The van der Waals surface area contributed by atoms with Gasteiger partial charge in [-0.3, -0.25) is 14.9 Å². The van der Waals surface area contributed by atoms with Crippen molar-refractivity contribution in [2.45, 2.75) is 4.90 Å². The van der Waals surface area contributed by atoms with Crippen molar-refractivity contribution in [2.75, 3.05) is 22.9 Å². The molecule has 1 fully saturated rings. The third-order valence-electron chi connectivity index (χ3n) is 3.77. The van der Waals surface area contributed by atoms with Crippen molar-refractivity contribution in [3.8, 4) is 0 Å². The Morgan fingerprint density at radius 3 is 2.04 bits per heavy atom. The average molecular weight is 351 g/mol. The maximum Gasteiger partial charge on any atom is 0.329 e. The lowest BCUT2D eigenvalue weighted by molar-refractivity contribution is 0.256. The van der Waals surface area contributed by atoms with Gasteiger partial charge in [-0.05, 0) is 42.3 Å². The summed E-state index contributed by atoms with van der Waals surface area (Å²) >= 11 is 0. The molecule has 1 aliphatic rings. The SMILES string of the molecule is C=S(N)(=O)c1ccc(N2CCN(c3ccc(F)c(F)c3)C2=O)cc1. The maximum absolute atomic E-state index is 13.4. The normalized spacial score (nSPS) is 17.2. The van der Waals surface area contributed by atoms with E-state index in [0.29, 0.717) is 29.4 Å². The lowest BCUT2D eigenvalue weighted by Gasteiger charge is -2.19. The zero-order chi connectivity index (χ0) is 17.5. The highest BCUT2D eigenvalue weighted by molar-refractivity contribution is 7.98. The van der Waals surface area contributed by atoms with Crippen molar-refractivity contribution < 1.29 is 17.8 Å². The van der Waals surface area contributed by atoms with Gasteiger partial charge < -0.3 is 0 Å². The van der Waals surface area contributed by atoms with Crippen LogP contribution in [0.4, 0.5) is 25.0 Å². The summed E-state index contributed by atoms with van der Waals surface area (Å²) in [5.41, 5.74) is 0.887. The van der Waals surface area contributed by atoms with E-state index < -0.39 is 21.3 Å². The maximum atomic E-state index is 13.4. The van der Waals surface area contributed by atoms with Gasteiger partial charge in [0.05, 0.1) is 9.71 Å². The first-order chi connectivity index (χ1) is 11.3. The number of benzene rings is 2. The molecule has 1 heterocycles. The minimum absolute atomic E-state index is 0.292. The number of carbonyl (C=O) groups is 1. The zero-order valence-corrected chi connectivity index (χ0v) is 13.4. The molecule has 2 N–H and O–H groups in total. The van der Waals surface area contributed by atoms with Gasteiger partial charge in [-0.15, -0.1) is 0 Å². The van der Waals surface area contributed by atoms with Gasteiger partial charge in [0.1, 0.15) is 0 Å². The Balaban J connectivity index is 1.84. The van der Waals surface area contributed by atoms with Crippen LogP contribution < -0.4 is 14.9 Å². The molecule has 2 aromatic carbocycles. The first kappa shape index (κ1) is 16.4. The molecule has 1 aliphatic heterocycles. The van der Waals surface area contributed by atoms with Crippen molar-refractivity contribution >= 4 is 33.0 Å². The van der Waals surface area contributed by atoms with Crippen molar-refractivity contribution in [1.29, 1.82) is 0 Å². The van der Waals surface area contributed by atoms with Crippen LogP contribution >= 0.6 is 0 Å². The predicted octanol–water partition coefficient (Wildman–Crippen LogP) is 2.36. The fourth-order valence-corrected chi connectivity index (χ4v) is 3.12. The molecule has 0 bridgehead atoms. The number of hydrogen-bond donors (Lipinski definition) is 1. The molecule has 1 unspecified atom stereocenters. The smallest absolute Gasteiger partial charge is 0.292 e. The molecule has 0 radical (unpaired) electrons. The van der Waals surface area contributed by atoms with Crippen LogP contribution in [0.3, 0.4) is 0 Å². The second kappa shape index (κ2) is 5.88. The third kappa shape index (κ3) is 2.98. The third-order valence-corrected chi connectivity index (χ3v) is 4.84.